The summed E-state index contributed by atoms with van der Waals surface area (Å²) in [4.78, 5) is 27.9. The molecular formula is C18H24ClN3O5S. The lowest BCUT2D eigenvalue weighted by Gasteiger charge is -2.35. The first kappa shape index (κ1) is 20.9. The van der Waals surface area contributed by atoms with E-state index in [9.17, 15) is 23.1 Å². The zero-order valence-electron chi connectivity index (χ0n) is 15.6. The van der Waals surface area contributed by atoms with Gasteiger partial charge in [0.2, 0.25) is 6.41 Å². The molecule has 10 heteroatoms. The number of hydrogen-bond donors (Lipinski definition) is 1. The van der Waals surface area contributed by atoms with Crippen molar-refractivity contribution >= 4 is 39.5 Å². The topological polar surface area (TPSA) is 98.2 Å². The summed E-state index contributed by atoms with van der Waals surface area (Å²) >= 11 is 6.32. The van der Waals surface area contributed by atoms with Crippen molar-refractivity contribution in [2.45, 2.75) is 29.5 Å². The van der Waals surface area contributed by atoms with Crippen LogP contribution in [-0.4, -0.2) is 86.3 Å². The number of carbonyl (C=O) groups excluding carboxylic acids is 1. The van der Waals surface area contributed by atoms with Crippen molar-refractivity contribution in [3.05, 3.63) is 23.2 Å². The van der Waals surface area contributed by atoms with E-state index in [1.165, 1.54) is 6.07 Å². The number of benzene rings is 1. The molecule has 2 heterocycles. The summed E-state index contributed by atoms with van der Waals surface area (Å²) in [5, 5.41) is 8.34. The maximum absolute atomic E-state index is 13.0. The second kappa shape index (κ2) is 8.26. The van der Waals surface area contributed by atoms with Gasteiger partial charge < -0.3 is 19.8 Å². The quantitative estimate of drug-likeness (QED) is 0.672. The van der Waals surface area contributed by atoms with E-state index in [1.54, 1.807) is 12.1 Å². The molecule has 0 saturated carbocycles. The van der Waals surface area contributed by atoms with Crippen LogP contribution in [0, 0.1) is 0 Å². The van der Waals surface area contributed by atoms with Crippen molar-refractivity contribution in [1.29, 1.82) is 0 Å². The van der Waals surface area contributed by atoms with E-state index in [2.05, 4.69) is 16.7 Å². The monoisotopic (exact) mass is 429 g/mol. The van der Waals surface area contributed by atoms with Crippen LogP contribution in [0.4, 0.5) is 5.69 Å². The number of amides is 1. The zero-order valence-corrected chi connectivity index (χ0v) is 17.2. The predicted molar refractivity (Wildman–Crippen MR) is 106 cm³/mol. The van der Waals surface area contributed by atoms with Gasteiger partial charge in [-0.1, -0.05) is 18.5 Å². The molecule has 0 unspecified atom stereocenters. The molecule has 2 atom stereocenters. The Morgan fingerprint density at radius 2 is 1.96 bits per heavy atom. The highest BCUT2D eigenvalue weighted by atomic mass is 35.5. The second-order valence-electron chi connectivity index (χ2n) is 7.09. The van der Waals surface area contributed by atoms with Crippen LogP contribution in [0.25, 0.3) is 0 Å². The van der Waals surface area contributed by atoms with Gasteiger partial charge in [-0.3, -0.25) is 4.79 Å². The van der Waals surface area contributed by atoms with Gasteiger partial charge >= 0.3 is 5.97 Å². The molecule has 28 heavy (non-hydrogen) atoms. The number of likely N-dealkylation sites (tertiary alicyclic amines) is 1. The minimum absolute atomic E-state index is 0.0213. The van der Waals surface area contributed by atoms with Crippen molar-refractivity contribution < 1.29 is 23.1 Å². The van der Waals surface area contributed by atoms with Crippen LogP contribution < -0.4 is 4.90 Å². The highest BCUT2D eigenvalue weighted by Gasteiger charge is 2.43. The highest BCUT2D eigenvalue weighted by molar-refractivity contribution is 7.92. The van der Waals surface area contributed by atoms with Gasteiger partial charge in [0.25, 0.3) is 0 Å². The maximum atomic E-state index is 13.0. The van der Waals surface area contributed by atoms with Gasteiger partial charge in [0.1, 0.15) is 6.04 Å². The van der Waals surface area contributed by atoms with E-state index < -0.39 is 27.1 Å². The Morgan fingerprint density at radius 1 is 1.29 bits per heavy atom. The fourth-order valence-corrected chi connectivity index (χ4v) is 6.07. The summed E-state index contributed by atoms with van der Waals surface area (Å²) in [7, 11) is -3.86. The third-order valence-electron chi connectivity index (χ3n) is 5.57. The van der Waals surface area contributed by atoms with Crippen LogP contribution >= 0.6 is 11.6 Å². The van der Waals surface area contributed by atoms with E-state index in [0.29, 0.717) is 6.41 Å². The molecule has 0 aliphatic carbocycles. The van der Waals surface area contributed by atoms with Crippen LogP contribution in [0.5, 0.6) is 0 Å². The van der Waals surface area contributed by atoms with E-state index in [-0.39, 0.29) is 22.9 Å². The summed E-state index contributed by atoms with van der Waals surface area (Å²) < 4.78 is 26.0. The fraction of sp³-hybridized carbons (Fsp3) is 0.556. The van der Waals surface area contributed by atoms with Crippen molar-refractivity contribution in [3.63, 3.8) is 0 Å². The lowest BCUT2D eigenvalue weighted by Crippen LogP contribution is -2.46. The minimum Gasteiger partial charge on any atom is -0.480 e. The Balaban J connectivity index is 1.80. The Labute approximate surface area is 169 Å². The van der Waals surface area contributed by atoms with Crippen molar-refractivity contribution in [2.75, 3.05) is 44.2 Å². The normalized spacial score (nSPS) is 23.8. The number of nitrogens with zero attached hydrogens (tertiary/aromatic N) is 3. The second-order valence-corrected chi connectivity index (χ2v) is 9.70. The van der Waals surface area contributed by atoms with Crippen molar-refractivity contribution in [1.82, 2.24) is 9.80 Å². The van der Waals surface area contributed by atoms with E-state index in [0.717, 1.165) is 43.3 Å². The first-order valence-electron chi connectivity index (χ1n) is 9.22. The lowest BCUT2D eigenvalue weighted by atomic mass is 10.2. The first-order chi connectivity index (χ1) is 13.3. The average molecular weight is 430 g/mol. The van der Waals surface area contributed by atoms with Crippen LogP contribution in [0.1, 0.15) is 13.3 Å². The summed E-state index contributed by atoms with van der Waals surface area (Å²) in [6.07, 6.45) is 0.239. The van der Waals surface area contributed by atoms with Crippen molar-refractivity contribution in [2.24, 2.45) is 0 Å². The molecule has 2 fully saturated rings. The number of carboxylic acid groups (broad SMARTS) is 1. The molecule has 1 aromatic carbocycles. The third kappa shape index (κ3) is 3.97. The number of halogens is 1. The summed E-state index contributed by atoms with van der Waals surface area (Å²) in [6.45, 7) is 6.53. The molecule has 1 aromatic rings. The Kier molecular flexibility index (Phi) is 6.16. The molecule has 2 aliphatic heterocycles. The number of likely N-dealkylation sites (N-methyl/N-ethyl adjacent to an activating group) is 1. The average Bonchev–Trinajstić information content (AvgIpc) is 3.13. The Bertz CT molecular complexity index is 855. The van der Waals surface area contributed by atoms with Crippen LogP contribution in [0.2, 0.25) is 5.02 Å². The molecule has 154 valence electrons. The summed E-state index contributed by atoms with van der Waals surface area (Å²) in [6, 6.07) is 3.74. The smallest absolute Gasteiger partial charge is 0.326 e. The van der Waals surface area contributed by atoms with E-state index in [1.807, 2.05) is 0 Å². The number of carbonyl (C=O) groups is 2. The molecule has 1 amide bonds. The fourth-order valence-electron chi connectivity index (χ4n) is 3.82. The number of carboxylic acids is 1. The third-order valence-corrected chi connectivity index (χ3v) is 8.18. The molecule has 2 aliphatic rings. The van der Waals surface area contributed by atoms with Crippen molar-refractivity contribution in [3.8, 4) is 0 Å². The number of rotatable bonds is 6. The van der Waals surface area contributed by atoms with Gasteiger partial charge in [-0.2, -0.15) is 0 Å². The minimum atomic E-state index is -3.86. The lowest BCUT2D eigenvalue weighted by molar-refractivity contribution is -0.144. The molecule has 1 N–H and O–H groups in total. The highest BCUT2D eigenvalue weighted by Crippen LogP contribution is 2.33. The molecular weight excluding hydrogens is 406 g/mol. The number of sulfone groups is 1. The molecule has 0 aromatic heterocycles. The van der Waals surface area contributed by atoms with Gasteiger partial charge in [0, 0.05) is 38.4 Å². The number of anilines is 1. The predicted octanol–water partition coefficient (Wildman–Crippen LogP) is 0.940. The molecule has 0 radical (unpaired) electrons. The molecule has 0 bridgehead atoms. The van der Waals surface area contributed by atoms with E-state index >= 15 is 0 Å². The molecule has 2 saturated heterocycles. The summed E-state index contributed by atoms with van der Waals surface area (Å²) in [5.74, 6) is -1.21. The SMILES string of the molecule is CCN1CCN(c2ccc(S(=O)(=O)[C@@H]3C[C@@H](C(=O)O)N(C=O)C3)c(Cl)c2)CC1. The molecule has 3 rings (SSSR count). The van der Waals surface area contributed by atoms with Gasteiger partial charge in [-0.15, -0.1) is 0 Å². The number of aliphatic carboxylic acids is 1. The number of hydrogen-bond acceptors (Lipinski definition) is 6. The Hall–Kier alpha value is -1.84. The summed E-state index contributed by atoms with van der Waals surface area (Å²) in [5.41, 5.74) is 0.865. The van der Waals surface area contributed by atoms with Gasteiger partial charge in [-0.25, -0.2) is 13.2 Å². The van der Waals surface area contributed by atoms with Crippen LogP contribution in [0.15, 0.2) is 23.1 Å². The standard InChI is InChI=1S/C18H24ClN3O5S/c1-2-20-5-7-21(8-6-20)13-3-4-17(15(19)9-13)28(26,27)14-10-16(18(24)25)22(11-14)12-23/h3-4,9,12,14,16H,2,5-8,10-11H2,1H3,(H,24,25)/t14-,16+/m1/s1. The maximum Gasteiger partial charge on any atom is 0.326 e. The molecule has 0 spiro atoms. The zero-order chi connectivity index (χ0) is 20.5. The number of piperazine rings is 1. The Morgan fingerprint density at radius 3 is 2.46 bits per heavy atom. The largest absolute Gasteiger partial charge is 0.480 e. The molecule has 8 nitrogen and oxygen atoms in total. The van der Waals surface area contributed by atoms with E-state index in [4.69, 9.17) is 11.6 Å². The first-order valence-corrected chi connectivity index (χ1v) is 11.1. The van der Waals surface area contributed by atoms with Crippen LogP contribution in [-0.2, 0) is 19.4 Å². The van der Waals surface area contributed by atoms with Gasteiger partial charge in [0.15, 0.2) is 9.84 Å². The van der Waals surface area contributed by atoms with Gasteiger partial charge in [-0.05, 0) is 31.2 Å². The van der Waals surface area contributed by atoms with Crippen LogP contribution in [0.3, 0.4) is 0 Å². The van der Waals surface area contributed by atoms with Gasteiger partial charge in [0.05, 0.1) is 15.2 Å².